The van der Waals surface area contributed by atoms with Crippen molar-refractivity contribution < 1.29 is 0 Å². The smallest absolute Gasteiger partial charge is 0.261 e. The van der Waals surface area contributed by atoms with Crippen molar-refractivity contribution in [1.82, 2.24) is 9.55 Å². The fourth-order valence-electron chi connectivity index (χ4n) is 2.37. The first kappa shape index (κ1) is 14.1. The molecule has 4 heteroatoms. The van der Waals surface area contributed by atoms with Crippen LogP contribution >= 0.6 is 11.6 Å². The van der Waals surface area contributed by atoms with Gasteiger partial charge in [0.05, 0.1) is 16.8 Å². The van der Waals surface area contributed by atoms with Gasteiger partial charge >= 0.3 is 0 Å². The quantitative estimate of drug-likeness (QED) is 0.778. The first-order chi connectivity index (χ1) is 9.19. The summed E-state index contributed by atoms with van der Waals surface area (Å²) in [5.74, 6) is 0.922. The van der Waals surface area contributed by atoms with Crippen LogP contribution in [0.15, 0.2) is 29.1 Å². The molecule has 102 valence electrons. The maximum atomic E-state index is 12.6. The molecule has 0 radical (unpaired) electrons. The molecule has 0 aliphatic carbocycles. The van der Waals surface area contributed by atoms with Crippen molar-refractivity contribution in [2.24, 2.45) is 0 Å². The number of rotatable bonds is 5. The lowest BCUT2D eigenvalue weighted by molar-refractivity contribution is 0.458. The first-order valence-electron chi connectivity index (χ1n) is 6.75. The third kappa shape index (κ3) is 2.81. The summed E-state index contributed by atoms with van der Waals surface area (Å²) in [7, 11) is 0. The Kier molecular flexibility index (Phi) is 4.59. The molecule has 0 aliphatic rings. The Balaban J connectivity index is 2.58. The SMILES string of the molecule is CCCCC(C)n1c(CCl)nc2ccccc2c1=O. The molecule has 3 nitrogen and oxygen atoms in total. The number of hydrogen-bond donors (Lipinski definition) is 0. The van der Waals surface area contributed by atoms with E-state index in [0.29, 0.717) is 11.2 Å². The van der Waals surface area contributed by atoms with Crippen molar-refractivity contribution in [3.8, 4) is 0 Å². The number of hydrogen-bond acceptors (Lipinski definition) is 2. The van der Waals surface area contributed by atoms with Crippen LogP contribution in [-0.4, -0.2) is 9.55 Å². The molecule has 0 bridgehead atoms. The Bertz CT molecular complexity index is 621. The molecular weight excluding hydrogens is 260 g/mol. The molecule has 0 saturated heterocycles. The Hall–Kier alpha value is -1.35. The summed E-state index contributed by atoms with van der Waals surface area (Å²) in [4.78, 5) is 17.1. The van der Waals surface area contributed by atoms with Crippen LogP contribution in [0.2, 0.25) is 0 Å². The minimum absolute atomic E-state index is 0.0184. The van der Waals surface area contributed by atoms with Crippen LogP contribution in [-0.2, 0) is 5.88 Å². The van der Waals surface area contributed by atoms with Gasteiger partial charge in [-0.05, 0) is 25.5 Å². The standard InChI is InChI=1S/C15H19ClN2O/c1-3-4-7-11(2)18-14(10-16)17-13-9-6-5-8-12(13)15(18)19/h5-6,8-9,11H,3-4,7,10H2,1-2H3. The maximum absolute atomic E-state index is 12.6. The Morgan fingerprint density at radius 2 is 2.11 bits per heavy atom. The van der Waals surface area contributed by atoms with Crippen LogP contribution in [0, 0.1) is 0 Å². The molecule has 2 rings (SSSR count). The van der Waals surface area contributed by atoms with E-state index < -0.39 is 0 Å². The van der Waals surface area contributed by atoms with E-state index >= 15 is 0 Å². The van der Waals surface area contributed by atoms with Gasteiger partial charge in [0.2, 0.25) is 0 Å². The zero-order valence-electron chi connectivity index (χ0n) is 11.4. The third-order valence-electron chi connectivity index (χ3n) is 3.42. The van der Waals surface area contributed by atoms with E-state index in [1.807, 2.05) is 24.3 Å². The molecule has 19 heavy (non-hydrogen) atoms. The van der Waals surface area contributed by atoms with Crippen LogP contribution in [0.3, 0.4) is 0 Å². The predicted molar refractivity (Wildman–Crippen MR) is 79.8 cm³/mol. The lowest BCUT2D eigenvalue weighted by atomic mass is 10.1. The van der Waals surface area contributed by atoms with Gasteiger partial charge in [-0.25, -0.2) is 4.98 Å². The van der Waals surface area contributed by atoms with E-state index in [1.165, 1.54) is 0 Å². The fourth-order valence-corrected chi connectivity index (χ4v) is 2.56. The second-order valence-electron chi connectivity index (χ2n) is 4.85. The van der Waals surface area contributed by atoms with Crippen molar-refractivity contribution in [1.29, 1.82) is 0 Å². The topological polar surface area (TPSA) is 34.9 Å². The van der Waals surface area contributed by atoms with E-state index in [9.17, 15) is 4.79 Å². The number of aromatic nitrogens is 2. The highest BCUT2D eigenvalue weighted by atomic mass is 35.5. The van der Waals surface area contributed by atoms with Gasteiger partial charge in [-0.1, -0.05) is 31.9 Å². The fraction of sp³-hybridized carbons (Fsp3) is 0.467. The normalized spacial score (nSPS) is 12.8. The van der Waals surface area contributed by atoms with Gasteiger partial charge < -0.3 is 0 Å². The lowest BCUT2D eigenvalue weighted by Gasteiger charge is -2.18. The molecule has 0 fully saturated rings. The average Bonchev–Trinajstić information content (AvgIpc) is 2.44. The van der Waals surface area contributed by atoms with Crippen molar-refractivity contribution >= 4 is 22.5 Å². The number of benzene rings is 1. The number of para-hydroxylation sites is 1. The summed E-state index contributed by atoms with van der Waals surface area (Å²) in [6.45, 7) is 4.21. The number of fused-ring (bicyclic) bond motifs is 1. The van der Waals surface area contributed by atoms with Crippen molar-refractivity contribution in [2.45, 2.75) is 45.0 Å². The summed E-state index contributed by atoms with van der Waals surface area (Å²) < 4.78 is 1.75. The molecule has 0 aliphatic heterocycles. The van der Waals surface area contributed by atoms with Gasteiger partial charge in [0.15, 0.2) is 0 Å². The van der Waals surface area contributed by atoms with Crippen LogP contribution in [0.25, 0.3) is 10.9 Å². The van der Waals surface area contributed by atoms with Gasteiger partial charge in [-0.3, -0.25) is 9.36 Å². The molecule has 0 N–H and O–H groups in total. The van der Waals surface area contributed by atoms with E-state index in [4.69, 9.17) is 11.6 Å². The Morgan fingerprint density at radius 3 is 2.79 bits per heavy atom. The van der Waals surface area contributed by atoms with Crippen molar-refractivity contribution in [3.05, 3.63) is 40.4 Å². The van der Waals surface area contributed by atoms with Crippen LogP contribution < -0.4 is 5.56 Å². The lowest BCUT2D eigenvalue weighted by Crippen LogP contribution is -2.27. The van der Waals surface area contributed by atoms with Gasteiger partial charge in [-0.15, -0.1) is 11.6 Å². The molecule has 1 atom stereocenters. The van der Waals surface area contributed by atoms with Crippen LogP contribution in [0.5, 0.6) is 0 Å². The summed E-state index contributed by atoms with van der Waals surface area (Å²) >= 11 is 5.96. The van der Waals surface area contributed by atoms with Gasteiger partial charge in [0.1, 0.15) is 5.82 Å². The number of nitrogens with zero attached hydrogens (tertiary/aromatic N) is 2. The average molecular weight is 279 g/mol. The van der Waals surface area contributed by atoms with Crippen LogP contribution in [0.4, 0.5) is 0 Å². The minimum atomic E-state index is 0.0184. The molecule has 0 saturated carbocycles. The highest BCUT2D eigenvalue weighted by Crippen LogP contribution is 2.17. The number of unbranched alkanes of at least 4 members (excludes halogenated alkanes) is 1. The first-order valence-corrected chi connectivity index (χ1v) is 7.28. The summed E-state index contributed by atoms with van der Waals surface area (Å²) in [5, 5.41) is 0.666. The summed E-state index contributed by atoms with van der Waals surface area (Å²) in [5.41, 5.74) is 0.743. The third-order valence-corrected chi connectivity index (χ3v) is 3.66. The van der Waals surface area contributed by atoms with Gasteiger partial charge in [0.25, 0.3) is 5.56 Å². The van der Waals surface area contributed by atoms with Crippen molar-refractivity contribution in [2.75, 3.05) is 0 Å². The summed E-state index contributed by atoms with van der Waals surface area (Å²) in [6, 6.07) is 7.57. The maximum Gasteiger partial charge on any atom is 0.261 e. The van der Waals surface area contributed by atoms with E-state index in [2.05, 4.69) is 18.8 Å². The molecule has 0 spiro atoms. The highest BCUT2D eigenvalue weighted by Gasteiger charge is 2.14. The predicted octanol–water partition coefficient (Wildman–Crippen LogP) is 3.89. The zero-order valence-corrected chi connectivity index (χ0v) is 12.2. The van der Waals surface area contributed by atoms with Gasteiger partial charge in [-0.2, -0.15) is 0 Å². The molecule has 1 aromatic carbocycles. The molecule has 1 aromatic heterocycles. The van der Waals surface area contributed by atoms with E-state index in [-0.39, 0.29) is 17.5 Å². The number of alkyl halides is 1. The Labute approximate surface area is 118 Å². The van der Waals surface area contributed by atoms with Crippen LogP contribution in [0.1, 0.15) is 45.0 Å². The van der Waals surface area contributed by atoms with E-state index in [0.717, 1.165) is 24.8 Å². The largest absolute Gasteiger partial charge is 0.292 e. The molecule has 0 amide bonds. The number of halogens is 1. The highest BCUT2D eigenvalue weighted by molar-refractivity contribution is 6.16. The van der Waals surface area contributed by atoms with E-state index in [1.54, 1.807) is 4.57 Å². The Morgan fingerprint density at radius 1 is 1.37 bits per heavy atom. The molecular formula is C15H19ClN2O. The van der Waals surface area contributed by atoms with Crippen molar-refractivity contribution in [3.63, 3.8) is 0 Å². The minimum Gasteiger partial charge on any atom is -0.292 e. The zero-order chi connectivity index (χ0) is 13.8. The second kappa shape index (κ2) is 6.20. The monoisotopic (exact) mass is 278 g/mol. The second-order valence-corrected chi connectivity index (χ2v) is 5.11. The summed E-state index contributed by atoms with van der Waals surface area (Å²) in [6.07, 6.45) is 3.19. The molecule has 1 heterocycles. The molecule has 1 unspecified atom stereocenters. The molecule has 2 aromatic rings. The van der Waals surface area contributed by atoms with Gasteiger partial charge in [0, 0.05) is 6.04 Å².